The molecule has 0 heterocycles. The molecule has 2 aliphatic carbocycles. The molecule has 108 valence electrons. The highest BCUT2D eigenvalue weighted by atomic mass is 16.6. The van der Waals surface area contributed by atoms with Gasteiger partial charge in [-0.3, -0.25) is 9.59 Å². The Hall–Kier alpha value is -1.06. The molecule has 0 aromatic rings. The summed E-state index contributed by atoms with van der Waals surface area (Å²) in [5, 5.41) is 0. The number of carbonyl (C=O) groups is 2. The van der Waals surface area contributed by atoms with Gasteiger partial charge >= 0.3 is 11.9 Å². The molecule has 19 heavy (non-hydrogen) atoms. The summed E-state index contributed by atoms with van der Waals surface area (Å²) in [6.07, 6.45) is 9.49. The Morgan fingerprint density at radius 2 is 1.05 bits per heavy atom. The van der Waals surface area contributed by atoms with E-state index in [0.717, 1.165) is 51.4 Å². The Bertz CT molecular complexity index is 301. The highest BCUT2D eigenvalue weighted by Crippen LogP contribution is 2.26. The molecule has 0 atom stereocenters. The standard InChI is InChI=1S/C15H24O4/c16-14(12-6-2-1-3-7-12)18-10-11-19-15(17)13-8-4-5-9-13/h12-13H,1-11H2. The molecule has 0 aromatic carbocycles. The predicted molar refractivity (Wildman–Crippen MR) is 70.5 cm³/mol. The van der Waals surface area contributed by atoms with Crippen LogP contribution in [0.1, 0.15) is 57.8 Å². The lowest BCUT2D eigenvalue weighted by atomic mass is 9.89. The predicted octanol–water partition coefficient (Wildman–Crippen LogP) is 2.84. The Labute approximate surface area is 114 Å². The molecule has 0 radical (unpaired) electrons. The maximum Gasteiger partial charge on any atom is 0.309 e. The number of hydrogen-bond acceptors (Lipinski definition) is 4. The van der Waals surface area contributed by atoms with Crippen molar-refractivity contribution in [1.29, 1.82) is 0 Å². The van der Waals surface area contributed by atoms with Crippen molar-refractivity contribution in [2.24, 2.45) is 11.8 Å². The van der Waals surface area contributed by atoms with Gasteiger partial charge in [0.1, 0.15) is 13.2 Å². The van der Waals surface area contributed by atoms with Crippen LogP contribution in [0.3, 0.4) is 0 Å². The van der Waals surface area contributed by atoms with Crippen LogP contribution < -0.4 is 0 Å². The van der Waals surface area contributed by atoms with Crippen molar-refractivity contribution in [2.45, 2.75) is 57.8 Å². The van der Waals surface area contributed by atoms with Gasteiger partial charge < -0.3 is 9.47 Å². The van der Waals surface area contributed by atoms with Crippen molar-refractivity contribution in [1.82, 2.24) is 0 Å². The van der Waals surface area contributed by atoms with Crippen LogP contribution in [0.25, 0.3) is 0 Å². The van der Waals surface area contributed by atoms with E-state index < -0.39 is 0 Å². The van der Waals surface area contributed by atoms with Gasteiger partial charge in [0.2, 0.25) is 0 Å². The van der Waals surface area contributed by atoms with Crippen LogP contribution in [0.4, 0.5) is 0 Å². The Kier molecular flexibility index (Phi) is 5.67. The van der Waals surface area contributed by atoms with Crippen LogP contribution in [-0.2, 0) is 19.1 Å². The number of ether oxygens (including phenoxy) is 2. The van der Waals surface area contributed by atoms with E-state index in [1.807, 2.05) is 0 Å². The fraction of sp³-hybridized carbons (Fsp3) is 0.867. The first-order valence-corrected chi connectivity index (χ1v) is 7.60. The minimum Gasteiger partial charge on any atom is -0.462 e. The Balaban J connectivity index is 1.55. The minimum atomic E-state index is -0.119. The monoisotopic (exact) mass is 268 g/mol. The van der Waals surface area contributed by atoms with E-state index in [9.17, 15) is 9.59 Å². The number of hydrogen-bond donors (Lipinski definition) is 0. The van der Waals surface area contributed by atoms with Crippen LogP contribution in [-0.4, -0.2) is 25.2 Å². The van der Waals surface area contributed by atoms with Gasteiger partial charge in [0.15, 0.2) is 0 Å². The van der Waals surface area contributed by atoms with Crippen molar-refractivity contribution in [3.63, 3.8) is 0 Å². The van der Waals surface area contributed by atoms with E-state index in [1.54, 1.807) is 0 Å². The summed E-state index contributed by atoms with van der Waals surface area (Å²) in [6.45, 7) is 0.404. The lowest BCUT2D eigenvalue weighted by molar-refractivity contribution is -0.157. The smallest absolute Gasteiger partial charge is 0.309 e. The van der Waals surface area contributed by atoms with Gasteiger partial charge in [-0.15, -0.1) is 0 Å². The molecular formula is C15H24O4. The third kappa shape index (κ3) is 4.51. The quantitative estimate of drug-likeness (QED) is 0.568. The van der Waals surface area contributed by atoms with E-state index in [4.69, 9.17) is 9.47 Å². The zero-order chi connectivity index (χ0) is 13.5. The van der Waals surface area contributed by atoms with Gasteiger partial charge in [-0.25, -0.2) is 0 Å². The molecule has 2 fully saturated rings. The summed E-state index contributed by atoms with van der Waals surface area (Å²) in [4.78, 5) is 23.4. The summed E-state index contributed by atoms with van der Waals surface area (Å²) < 4.78 is 10.3. The number of carbonyl (C=O) groups excluding carboxylic acids is 2. The van der Waals surface area contributed by atoms with E-state index >= 15 is 0 Å². The molecule has 0 spiro atoms. The van der Waals surface area contributed by atoms with E-state index in [-0.39, 0.29) is 37.0 Å². The summed E-state index contributed by atoms with van der Waals surface area (Å²) in [5.41, 5.74) is 0. The molecular weight excluding hydrogens is 244 g/mol. The van der Waals surface area contributed by atoms with Crippen LogP contribution in [0, 0.1) is 11.8 Å². The summed E-state index contributed by atoms with van der Waals surface area (Å²) in [6, 6.07) is 0. The third-order valence-electron chi connectivity index (χ3n) is 4.20. The number of esters is 2. The summed E-state index contributed by atoms with van der Waals surface area (Å²) in [5.74, 6) is -0.0869. The second-order valence-electron chi connectivity index (χ2n) is 5.65. The summed E-state index contributed by atoms with van der Waals surface area (Å²) >= 11 is 0. The summed E-state index contributed by atoms with van der Waals surface area (Å²) in [7, 11) is 0. The van der Waals surface area contributed by atoms with E-state index in [1.165, 1.54) is 6.42 Å². The second-order valence-corrected chi connectivity index (χ2v) is 5.65. The average Bonchev–Trinajstić information content (AvgIpc) is 2.98. The first kappa shape index (κ1) is 14.4. The molecule has 4 heteroatoms. The van der Waals surface area contributed by atoms with E-state index in [2.05, 4.69) is 0 Å². The zero-order valence-electron chi connectivity index (χ0n) is 11.6. The molecule has 0 unspecified atom stereocenters. The average molecular weight is 268 g/mol. The fourth-order valence-corrected chi connectivity index (χ4v) is 3.02. The molecule has 0 N–H and O–H groups in total. The third-order valence-corrected chi connectivity index (χ3v) is 4.20. The largest absolute Gasteiger partial charge is 0.462 e. The zero-order valence-corrected chi connectivity index (χ0v) is 11.6. The van der Waals surface area contributed by atoms with Gasteiger partial charge in [-0.05, 0) is 25.7 Å². The molecule has 2 aliphatic rings. The van der Waals surface area contributed by atoms with Gasteiger partial charge in [0, 0.05) is 0 Å². The lowest BCUT2D eigenvalue weighted by Gasteiger charge is -2.19. The normalized spacial score (nSPS) is 21.3. The topological polar surface area (TPSA) is 52.6 Å². The van der Waals surface area contributed by atoms with Crippen LogP contribution in [0.2, 0.25) is 0 Å². The first-order valence-electron chi connectivity index (χ1n) is 7.60. The molecule has 2 rings (SSSR count). The minimum absolute atomic E-state index is 0.0688. The first-order chi connectivity index (χ1) is 9.27. The molecule has 0 amide bonds. The lowest BCUT2D eigenvalue weighted by Crippen LogP contribution is -2.23. The number of rotatable bonds is 5. The Morgan fingerprint density at radius 1 is 0.684 bits per heavy atom. The molecule has 0 aliphatic heterocycles. The maximum absolute atomic E-state index is 11.7. The fourth-order valence-electron chi connectivity index (χ4n) is 3.02. The SMILES string of the molecule is O=C(OCCOC(=O)C1CCCC1)C1CCCCC1. The van der Waals surface area contributed by atoms with E-state index in [0.29, 0.717) is 0 Å². The molecule has 2 saturated carbocycles. The van der Waals surface area contributed by atoms with Gasteiger partial charge in [-0.1, -0.05) is 32.1 Å². The van der Waals surface area contributed by atoms with Gasteiger partial charge in [0.05, 0.1) is 11.8 Å². The van der Waals surface area contributed by atoms with Crippen molar-refractivity contribution in [3.8, 4) is 0 Å². The van der Waals surface area contributed by atoms with Crippen molar-refractivity contribution >= 4 is 11.9 Å². The maximum atomic E-state index is 11.7. The highest BCUT2D eigenvalue weighted by molar-refractivity contribution is 5.73. The molecule has 4 nitrogen and oxygen atoms in total. The molecule has 0 saturated heterocycles. The van der Waals surface area contributed by atoms with Crippen molar-refractivity contribution in [3.05, 3.63) is 0 Å². The van der Waals surface area contributed by atoms with Crippen LogP contribution >= 0.6 is 0 Å². The van der Waals surface area contributed by atoms with Crippen molar-refractivity contribution in [2.75, 3.05) is 13.2 Å². The molecule has 0 bridgehead atoms. The Morgan fingerprint density at radius 3 is 1.47 bits per heavy atom. The van der Waals surface area contributed by atoms with Gasteiger partial charge in [0.25, 0.3) is 0 Å². The highest BCUT2D eigenvalue weighted by Gasteiger charge is 2.25. The van der Waals surface area contributed by atoms with Gasteiger partial charge in [-0.2, -0.15) is 0 Å². The second kappa shape index (κ2) is 7.51. The van der Waals surface area contributed by atoms with Crippen LogP contribution in [0.5, 0.6) is 0 Å². The van der Waals surface area contributed by atoms with Crippen molar-refractivity contribution < 1.29 is 19.1 Å². The van der Waals surface area contributed by atoms with Crippen LogP contribution in [0.15, 0.2) is 0 Å². The molecule has 0 aromatic heterocycles.